The van der Waals surface area contributed by atoms with Crippen molar-refractivity contribution in [2.75, 3.05) is 12.4 Å². The first-order chi connectivity index (χ1) is 6.42. The van der Waals surface area contributed by atoms with E-state index in [-0.39, 0.29) is 11.1 Å². The summed E-state index contributed by atoms with van der Waals surface area (Å²) in [7, 11) is 1.39. The van der Waals surface area contributed by atoms with E-state index in [0.29, 0.717) is 0 Å². The molecule has 0 radical (unpaired) electrons. The lowest BCUT2D eigenvalue weighted by Crippen LogP contribution is -2.18. The van der Waals surface area contributed by atoms with Gasteiger partial charge < -0.3 is 10.1 Å². The molecule has 0 amide bonds. The zero-order valence-electron chi connectivity index (χ0n) is 6.89. The molecule has 0 aromatic carbocycles. The number of anilines is 1. The molecule has 0 bridgehead atoms. The standard InChI is InChI=1S/C6H5ClF3N3O/c1-11-4-3(14-6(8,9)10)2-12-5(7)13-4/h2H,1H3,(H,11,12,13). The molecule has 78 valence electrons. The molecule has 1 N–H and O–H groups in total. The summed E-state index contributed by atoms with van der Waals surface area (Å²) in [5.41, 5.74) is 0. The number of ether oxygens (including phenoxy) is 1. The summed E-state index contributed by atoms with van der Waals surface area (Å²) in [6, 6.07) is 0. The minimum atomic E-state index is -4.78. The molecular weight excluding hydrogens is 223 g/mol. The van der Waals surface area contributed by atoms with Crippen LogP contribution in [0.25, 0.3) is 0 Å². The predicted octanol–water partition coefficient (Wildman–Crippen LogP) is 2.07. The van der Waals surface area contributed by atoms with E-state index < -0.39 is 12.1 Å². The van der Waals surface area contributed by atoms with E-state index in [2.05, 4.69) is 20.0 Å². The topological polar surface area (TPSA) is 47.0 Å². The first-order valence-electron chi connectivity index (χ1n) is 3.38. The van der Waals surface area contributed by atoms with Crippen molar-refractivity contribution >= 4 is 17.4 Å². The predicted molar refractivity (Wildman–Crippen MR) is 43.3 cm³/mol. The molecule has 1 aromatic rings. The number of halogens is 4. The van der Waals surface area contributed by atoms with Crippen LogP contribution in [-0.4, -0.2) is 23.4 Å². The average molecular weight is 228 g/mol. The maximum absolute atomic E-state index is 11.8. The van der Waals surface area contributed by atoms with Gasteiger partial charge in [-0.05, 0) is 11.6 Å². The minimum absolute atomic E-state index is 0.123. The lowest BCUT2D eigenvalue weighted by molar-refractivity contribution is -0.274. The van der Waals surface area contributed by atoms with Gasteiger partial charge in [0.05, 0.1) is 6.20 Å². The van der Waals surface area contributed by atoms with E-state index >= 15 is 0 Å². The number of aromatic nitrogens is 2. The van der Waals surface area contributed by atoms with E-state index in [0.717, 1.165) is 6.20 Å². The van der Waals surface area contributed by atoms with Crippen molar-refractivity contribution in [3.63, 3.8) is 0 Å². The van der Waals surface area contributed by atoms with Crippen LogP contribution in [0.5, 0.6) is 5.75 Å². The number of nitrogens with zero attached hydrogens (tertiary/aromatic N) is 2. The third-order valence-electron chi connectivity index (χ3n) is 1.19. The first kappa shape index (κ1) is 10.8. The molecule has 0 spiro atoms. The van der Waals surface area contributed by atoms with Crippen LogP contribution >= 0.6 is 11.6 Å². The highest BCUT2D eigenvalue weighted by molar-refractivity contribution is 6.28. The zero-order chi connectivity index (χ0) is 10.8. The summed E-state index contributed by atoms with van der Waals surface area (Å²) < 4.78 is 39.1. The van der Waals surface area contributed by atoms with Gasteiger partial charge in [-0.2, -0.15) is 4.98 Å². The summed E-state index contributed by atoms with van der Waals surface area (Å²) in [6.07, 6.45) is -3.93. The van der Waals surface area contributed by atoms with Crippen LogP contribution in [-0.2, 0) is 0 Å². The van der Waals surface area contributed by atoms with Gasteiger partial charge in [-0.3, -0.25) is 0 Å². The number of hydrogen-bond acceptors (Lipinski definition) is 4. The quantitative estimate of drug-likeness (QED) is 0.786. The number of nitrogens with one attached hydrogen (secondary N) is 1. The summed E-state index contributed by atoms with van der Waals surface area (Å²) in [5, 5.41) is 2.24. The van der Waals surface area contributed by atoms with Crippen molar-refractivity contribution in [2.45, 2.75) is 6.36 Å². The Bertz CT molecular complexity index is 331. The van der Waals surface area contributed by atoms with Crippen molar-refractivity contribution in [1.29, 1.82) is 0 Å². The van der Waals surface area contributed by atoms with Crippen molar-refractivity contribution in [2.24, 2.45) is 0 Å². The Morgan fingerprint density at radius 1 is 1.50 bits per heavy atom. The smallest absolute Gasteiger partial charge is 0.400 e. The zero-order valence-corrected chi connectivity index (χ0v) is 7.65. The van der Waals surface area contributed by atoms with Gasteiger partial charge >= 0.3 is 6.36 Å². The highest BCUT2D eigenvalue weighted by Gasteiger charge is 2.32. The van der Waals surface area contributed by atoms with Crippen LogP contribution in [0.4, 0.5) is 19.0 Å². The molecule has 14 heavy (non-hydrogen) atoms. The van der Waals surface area contributed by atoms with E-state index in [1.54, 1.807) is 0 Å². The molecule has 1 aromatic heterocycles. The molecule has 0 saturated heterocycles. The van der Waals surface area contributed by atoms with Gasteiger partial charge in [0, 0.05) is 7.05 Å². The summed E-state index contributed by atoms with van der Waals surface area (Å²) >= 11 is 5.37. The Morgan fingerprint density at radius 3 is 2.64 bits per heavy atom. The first-order valence-corrected chi connectivity index (χ1v) is 3.76. The Hall–Kier alpha value is -1.24. The Kier molecular flexibility index (Phi) is 3.00. The van der Waals surface area contributed by atoms with E-state index in [4.69, 9.17) is 11.6 Å². The second-order valence-corrected chi connectivity index (χ2v) is 2.49. The molecule has 0 saturated carbocycles. The van der Waals surface area contributed by atoms with E-state index in [1.807, 2.05) is 0 Å². The van der Waals surface area contributed by atoms with Crippen molar-refractivity contribution in [3.8, 4) is 5.75 Å². The molecular formula is C6H5ClF3N3O. The second-order valence-electron chi connectivity index (χ2n) is 2.15. The van der Waals surface area contributed by atoms with Crippen LogP contribution in [0.2, 0.25) is 5.28 Å². The average Bonchev–Trinajstić information content (AvgIpc) is 2.06. The van der Waals surface area contributed by atoms with Gasteiger partial charge in [0.25, 0.3) is 0 Å². The molecule has 0 unspecified atom stereocenters. The van der Waals surface area contributed by atoms with Gasteiger partial charge in [0.1, 0.15) is 0 Å². The highest BCUT2D eigenvalue weighted by atomic mass is 35.5. The van der Waals surface area contributed by atoms with Gasteiger partial charge in [-0.25, -0.2) is 4.98 Å². The van der Waals surface area contributed by atoms with Gasteiger partial charge in [0.2, 0.25) is 5.28 Å². The monoisotopic (exact) mass is 227 g/mol. The van der Waals surface area contributed by atoms with E-state index in [1.165, 1.54) is 7.05 Å². The lowest BCUT2D eigenvalue weighted by atomic mass is 10.5. The maximum atomic E-state index is 11.8. The molecule has 0 aliphatic heterocycles. The molecule has 0 atom stereocenters. The summed E-state index contributed by atoms with van der Waals surface area (Å²) in [4.78, 5) is 6.86. The molecule has 1 heterocycles. The molecule has 8 heteroatoms. The van der Waals surface area contributed by atoms with Crippen LogP contribution in [0.15, 0.2) is 6.20 Å². The number of alkyl halides is 3. The number of rotatable bonds is 2. The molecule has 1 rings (SSSR count). The largest absolute Gasteiger partial charge is 0.573 e. The Balaban J connectivity index is 2.97. The number of hydrogen-bond donors (Lipinski definition) is 1. The van der Waals surface area contributed by atoms with E-state index in [9.17, 15) is 13.2 Å². The van der Waals surface area contributed by atoms with Gasteiger partial charge in [0.15, 0.2) is 11.6 Å². The second kappa shape index (κ2) is 3.87. The summed E-state index contributed by atoms with van der Waals surface area (Å²) in [6.45, 7) is 0. The molecule has 0 fully saturated rings. The fourth-order valence-electron chi connectivity index (χ4n) is 0.728. The maximum Gasteiger partial charge on any atom is 0.573 e. The minimum Gasteiger partial charge on any atom is -0.400 e. The molecule has 0 aliphatic carbocycles. The van der Waals surface area contributed by atoms with Crippen molar-refractivity contribution in [3.05, 3.63) is 11.5 Å². The highest BCUT2D eigenvalue weighted by Crippen LogP contribution is 2.28. The van der Waals surface area contributed by atoms with Crippen molar-refractivity contribution in [1.82, 2.24) is 9.97 Å². The van der Waals surface area contributed by atoms with Crippen LogP contribution in [0.1, 0.15) is 0 Å². The molecule has 0 aliphatic rings. The summed E-state index contributed by atoms with van der Waals surface area (Å²) in [5.74, 6) is -0.647. The third-order valence-corrected chi connectivity index (χ3v) is 1.37. The Morgan fingerprint density at radius 2 is 2.14 bits per heavy atom. The fraction of sp³-hybridized carbons (Fsp3) is 0.333. The van der Waals surface area contributed by atoms with Gasteiger partial charge in [-0.15, -0.1) is 13.2 Å². The third kappa shape index (κ3) is 2.91. The van der Waals surface area contributed by atoms with Crippen LogP contribution in [0, 0.1) is 0 Å². The van der Waals surface area contributed by atoms with Crippen LogP contribution < -0.4 is 10.1 Å². The fourth-order valence-corrected chi connectivity index (χ4v) is 0.861. The molecule has 4 nitrogen and oxygen atoms in total. The van der Waals surface area contributed by atoms with Crippen molar-refractivity contribution < 1.29 is 17.9 Å². The normalized spacial score (nSPS) is 11.2. The Labute approximate surface area is 82.1 Å². The lowest BCUT2D eigenvalue weighted by Gasteiger charge is -2.11. The van der Waals surface area contributed by atoms with Gasteiger partial charge in [-0.1, -0.05) is 0 Å². The SMILES string of the molecule is CNc1nc(Cl)ncc1OC(F)(F)F. The van der Waals surface area contributed by atoms with Crippen LogP contribution in [0.3, 0.4) is 0 Å².